The van der Waals surface area contributed by atoms with Crippen LogP contribution in [0.4, 0.5) is 0 Å². The van der Waals surface area contributed by atoms with Crippen LogP contribution in [0.2, 0.25) is 0 Å². The number of allylic oxidation sites excluding steroid dienone is 1. The molecule has 0 saturated heterocycles. The lowest BCUT2D eigenvalue weighted by Crippen LogP contribution is -2.41. The summed E-state index contributed by atoms with van der Waals surface area (Å²) in [6.45, 7) is 6.04. The molecule has 0 bridgehead atoms. The number of hydrogen-bond acceptors (Lipinski definition) is 1. The summed E-state index contributed by atoms with van der Waals surface area (Å²) in [6, 6.07) is 10.7. The van der Waals surface area contributed by atoms with E-state index in [2.05, 4.69) is 55.2 Å². The second kappa shape index (κ2) is 9.57. The predicted octanol–water partition coefficient (Wildman–Crippen LogP) is 6.69. The van der Waals surface area contributed by atoms with Crippen LogP contribution in [-0.2, 0) is 6.42 Å². The zero-order valence-corrected chi connectivity index (χ0v) is 16.4. The zero-order valence-electron chi connectivity index (χ0n) is 16.4. The van der Waals surface area contributed by atoms with Crippen LogP contribution in [0, 0.1) is 5.92 Å². The molecule has 3 unspecified atom stereocenters. The van der Waals surface area contributed by atoms with Crippen LogP contribution in [0.5, 0.6) is 0 Å². The highest BCUT2D eigenvalue weighted by Gasteiger charge is 2.30. The average Bonchev–Trinajstić information content (AvgIpc) is 2.66. The number of rotatable bonds is 8. The van der Waals surface area contributed by atoms with E-state index < -0.39 is 0 Å². The van der Waals surface area contributed by atoms with Gasteiger partial charge in [-0.1, -0.05) is 63.1 Å². The number of nitrogens with zero attached hydrogens (tertiary/aromatic N) is 1. The Bertz CT molecular complexity index is 547. The molecule has 0 amide bonds. The average molecular weight is 340 g/mol. The van der Waals surface area contributed by atoms with Crippen molar-refractivity contribution >= 4 is 0 Å². The Morgan fingerprint density at radius 3 is 2.80 bits per heavy atom. The van der Waals surface area contributed by atoms with Crippen LogP contribution in [-0.4, -0.2) is 17.5 Å². The second-order valence-corrected chi connectivity index (χ2v) is 8.32. The van der Waals surface area contributed by atoms with E-state index in [4.69, 9.17) is 0 Å². The van der Waals surface area contributed by atoms with Gasteiger partial charge in [0.25, 0.3) is 0 Å². The number of aryl methyl sites for hydroxylation is 1. The highest BCUT2D eigenvalue weighted by Crippen LogP contribution is 2.37. The van der Waals surface area contributed by atoms with Crippen LogP contribution in [0.3, 0.4) is 0 Å². The Morgan fingerprint density at radius 2 is 2.00 bits per heavy atom. The third kappa shape index (κ3) is 4.97. The van der Waals surface area contributed by atoms with Gasteiger partial charge in [-0.05, 0) is 75.0 Å². The first-order valence-corrected chi connectivity index (χ1v) is 10.8. The molecule has 0 aliphatic heterocycles. The molecule has 2 aliphatic rings. The van der Waals surface area contributed by atoms with E-state index in [1.54, 1.807) is 11.1 Å². The molecule has 2 aliphatic carbocycles. The van der Waals surface area contributed by atoms with Gasteiger partial charge in [-0.2, -0.15) is 0 Å². The lowest BCUT2D eigenvalue weighted by atomic mass is 9.85. The minimum absolute atomic E-state index is 0.655. The molecule has 0 saturated carbocycles. The van der Waals surface area contributed by atoms with Crippen LogP contribution >= 0.6 is 0 Å². The van der Waals surface area contributed by atoms with Crippen LogP contribution in [0.15, 0.2) is 36.4 Å². The smallest absolute Gasteiger partial charge is 0.0354 e. The van der Waals surface area contributed by atoms with Gasteiger partial charge in [-0.15, -0.1) is 0 Å². The van der Waals surface area contributed by atoms with Crippen LogP contribution in [0.25, 0.3) is 0 Å². The van der Waals surface area contributed by atoms with E-state index in [0.29, 0.717) is 6.04 Å². The fraction of sp³-hybridized carbons (Fsp3) is 0.667. The van der Waals surface area contributed by atoms with E-state index in [1.165, 1.54) is 70.8 Å². The maximum atomic E-state index is 2.90. The van der Waals surface area contributed by atoms with Crippen molar-refractivity contribution in [3.63, 3.8) is 0 Å². The fourth-order valence-electron chi connectivity index (χ4n) is 5.00. The minimum atomic E-state index is 0.655. The summed E-state index contributed by atoms with van der Waals surface area (Å²) in [5.41, 5.74) is 3.24. The molecule has 1 heteroatoms. The first kappa shape index (κ1) is 18.7. The Labute approximate surface area is 155 Å². The van der Waals surface area contributed by atoms with E-state index in [1.807, 2.05) is 0 Å². The van der Waals surface area contributed by atoms with E-state index in [9.17, 15) is 0 Å². The summed E-state index contributed by atoms with van der Waals surface area (Å²) in [5, 5.41) is 0. The van der Waals surface area contributed by atoms with Gasteiger partial charge in [0.2, 0.25) is 0 Å². The van der Waals surface area contributed by atoms with Gasteiger partial charge in [-0.3, -0.25) is 4.90 Å². The second-order valence-electron chi connectivity index (χ2n) is 8.32. The van der Waals surface area contributed by atoms with E-state index in [0.717, 1.165) is 12.0 Å². The molecule has 0 N–H and O–H groups in total. The molecule has 3 atom stereocenters. The molecule has 25 heavy (non-hydrogen) atoms. The van der Waals surface area contributed by atoms with E-state index in [-0.39, 0.29) is 0 Å². The van der Waals surface area contributed by atoms with Gasteiger partial charge < -0.3 is 0 Å². The fourth-order valence-corrected chi connectivity index (χ4v) is 5.00. The standard InChI is InChI=1S/C24H37N/c1-3-11-20(2)12-10-19-25(22-15-5-4-6-16-22)24-18-9-14-21-13-7-8-17-23(21)24/h4-5,7-8,13,17,20,22,24H,3,6,9-12,14-16,18-19H2,1-2H3. The van der Waals surface area contributed by atoms with Crippen molar-refractivity contribution in [2.45, 2.75) is 90.1 Å². The quantitative estimate of drug-likeness (QED) is 0.477. The molecule has 0 heterocycles. The molecule has 1 aromatic rings. The van der Waals surface area contributed by atoms with Crippen molar-refractivity contribution in [1.29, 1.82) is 0 Å². The molecule has 0 aromatic heterocycles. The van der Waals surface area contributed by atoms with Crippen LogP contribution in [0.1, 0.15) is 88.8 Å². The first-order valence-electron chi connectivity index (χ1n) is 10.8. The molecule has 1 aromatic carbocycles. The lowest BCUT2D eigenvalue weighted by molar-refractivity contribution is 0.107. The SMILES string of the molecule is CCCC(C)CCCN(C1CC=CCC1)C1CCCc2ccccc21. The topological polar surface area (TPSA) is 3.24 Å². The highest BCUT2D eigenvalue weighted by molar-refractivity contribution is 5.32. The van der Waals surface area contributed by atoms with Crippen LogP contribution < -0.4 is 0 Å². The predicted molar refractivity (Wildman–Crippen MR) is 109 cm³/mol. The highest BCUT2D eigenvalue weighted by atomic mass is 15.2. The van der Waals surface area contributed by atoms with Gasteiger partial charge >= 0.3 is 0 Å². The maximum Gasteiger partial charge on any atom is 0.0354 e. The third-order valence-corrected chi connectivity index (χ3v) is 6.34. The van der Waals surface area contributed by atoms with Crippen molar-refractivity contribution in [2.24, 2.45) is 5.92 Å². The van der Waals surface area contributed by atoms with Gasteiger partial charge in [-0.25, -0.2) is 0 Å². The molecule has 0 spiro atoms. The Morgan fingerprint density at radius 1 is 1.12 bits per heavy atom. The van der Waals surface area contributed by atoms with Gasteiger partial charge in [0.1, 0.15) is 0 Å². The van der Waals surface area contributed by atoms with Crippen molar-refractivity contribution in [3.05, 3.63) is 47.5 Å². The Hall–Kier alpha value is -1.08. The molecule has 0 fully saturated rings. The first-order chi connectivity index (χ1) is 12.3. The molecular weight excluding hydrogens is 302 g/mol. The van der Waals surface area contributed by atoms with Crippen molar-refractivity contribution in [3.8, 4) is 0 Å². The normalized spacial score (nSPS) is 24.3. The summed E-state index contributed by atoms with van der Waals surface area (Å²) in [7, 11) is 0. The molecule has 138 valence electrons. The summed E-state index contributed by atoms with van der Waals surface area (Å²) >= 11 is 0. The largest absolute Gasteiger partial charge is 0.293 e. The maximum absolute atomic E-state index is 2.90. The zero-order chi connectivity index (χ0) is 17.5. The van der Waals surface area contributed by atoms with Gasteiger partial charge in [0.15, 0.2) is 0 Å². The monoisotopic (exact) mass is 339 g/mol. The molecule has 1 nitrogen and oxygen atoms in total. The lowest BCUT2D eigenvalue weighted by Gasteiger charge is -2.42. The summed E-state index contributed by atoms with van der Waals surface area (Å²) in [6.07, 6.45) is 18.1. The molecule has 3 rings (SSSR count). The van der Waals surface area contributed by atoms with Crippen molar-refractivity contribution in [1.82, 2.24) is 4.90 Å². The van der Waals surface area contributed by atoms with Crippen molar-refractivity contribution < 1.29 is 0 Å². The van der Waals surface area contributed by atoms with Gasteiger partial charge in [0.05, 0.1) is 0 Å². The summed E-state index contributed by atoms with van der Waals surface area (Å²) in [4.78, 5) is 2.90. The Balaban J connectivity index is 1.71. The third-order valence-electron chi connectivity index (χ3n) is 6.34. The Kier molecular flexibility index (Phi) is 7.16. The van der Waals surface area contributed by atoms with Gasteiger partial charge in [0, 0.05) is 12.1 Å². The number of fused-ring (bicyclic) bond motifs is 1. The number of hydrogen-bond donors (Lipinski definition) is 0. The summed E-state index contributed by atoms with van der Waals surface area (Å²) < 4.78 is 0. The van der Waals surface area contributed by atoms with Crippen molar-refractivity contribution in [2.75, 3.05) is 6.54 Å². The molecular formula is C24H37N. The minimum Gasteiger partial charge on any atom is -0.293 e. The molecule has 0 radical (unpaired) electrons. The van der Waals surface area contributed by atoms with E-state index >= 15 is 0 Å². The number of benzene rings is 1. The summed E-state index contributed by atoms with van der Waals surface area (Å²) in [5.74, 6) is 0.886.